The van der Waals surface area contributed by atoms with Crippen molar-refractivity contribution < 1.29 is 0 Å². The fourth-order valence-corrected chi connectivity index (χ4v) is 1.44. The zero-order valence-electron chi connectivity index (χ0n) is 9.74. The van der Waals surface area contributed by atoms with Crippen molar-refractivity contribution in [3.63, 3.8) is 0 Å². The molecule has 0 saturated carbocycles. The molecule has 2 heterocycles. The molecule has 0 N–H and O–H groups in total. The number of hydrogen-bond donors (Lipinski definition) is 0. The van der Waals surface area contributed by atoms with Gasteiger partial charge in [-0.3, -0.25) is 4.79 Å². The first kappa shape index (κ1) is 11.3. The van der Waals surface area contributed by atoms with Gasteiger partial charge in [-0.15, -0.1) is 5.10 Å². The number of aromatic nitrogens is 5. The first-order valence-corrected chi connectivity index (χ1v) is 5.25. The largest absolute Gasteiger partial charge is 0.292 e. The molecule has 0 saturated heterocycles. The number of hydrogen-bond acceptors (Lipinski definition) is 4. The molecule has 0 fully saturated rings. The van der Waals surface area contributed by atoms with Gasteiger partial charge in [0.15, 0.2) is 5.82 Å². The van der Waals surface area contributed by atoms with Crippen molar-refractivity contribution in [1.82, 2.24) is 24.5 Å². The molecule has 17 heavy (non-hydrogen) atoms. The minimum atomic E-state index is -0.192. The molecule has 6 heteroatoms. The van der Waals surface area contributed by atoms with Crippen LogP contribution in [0, 0.1) is 0 Å². The van der Waals surface area contributed by atoms with Crippen LogP contribution < -0.4 is 5.56 Å². The van der Waals surface area contributed by atoms with Crippen LogP contribution in [0.4, 0.5) is 0 Å². The summed E-state index contributed by atoms with van der Waals surface area (Å²) in [7, 11) is 0. The highest BCUT2D eigenvalue weighted by Crippen LogP contribution is 2.02. The Balaban J connectivity index is 2.56. The molecule has 6 nitrogen and oxygen atoms in total. The molecule has 0 atom stereocenters. The molecule has 2 aromatic heterocycles. The average Bonchev–Trinajstić information content (AvgIpc) is 2.77. The standard InChI is InChI=1S/C11H13N5O/c1-4-10-12-7-15(14-10)9-5-6-13-16(8(2)3)11(9)17/h4-8H,1H2,2-3H3. The van der Waals surface area contributed by atoms with Crippen LogP contribution in [0.25, 0.3) is 11.8 Å². The summed E-state index contributed by atoms with van der Waals surface area (Å²) >= 11 is 0. The van der Waals surface area contributed by atoms with Gasteiger partial charge in [-0.2, -0.15) is 5.10 Å². The minimum Gasteiger partial charge on any atom is -0.265 e. The first-order chi connectivity index (χ1) is 8.13. The van der Waals surface area contributed by atoms with Gasteiger partial charge in [-0.1, -0.05) is 6.58 Å². The third-order valence-electron chi connectivity index (χ3n) is 2.28. The molecular weight excluding hydrogens is 218 g/mol. The fraction of sp³-hybridized carbons (Fsp3) is 0.273. The van der Waals surface area contributed by atoms with Gasteiger partial charge in [0.1, 0.15) is 12.0 Å². The van der Waals surface area contributed by atoms with E-state index in [1.54, 1.807) is 12.3 Å². The van der Waals surface area contributed by atoms with Crippen molar-refractivity contribution in [2.45, 2.75) is 19.9 Å². The minimum absolute atomic E-state index is 0.00449. The van der Waals surface area contributed by atoms with Gasteiger partial charge < -0.3 is 0 Å². The van der Waals surface area contributed by atoms with Crippen LogP contribution in [0.3, 0.4) is 0 Å². The van der Waals surface area contributed by atoms with E-state index < -0.39 is 0 Å². The predicted molar refractivity (Wildman–Crippen MR) is 63.9 cm³/mol. The normalized spacial score (nSPS) is 10.8. The van der Waals surface area contributed by atoms with Crippen LogP contribution in [0.5, 0.6) is 0 Å². The molecule has 2 aromatic rings. The van der Waals surface area contributed by atoms with E-state index in [1.165, 1.54) is 21.8 Å². The molecule has 0 amide bonds. The van der Waals surface area contributed by atoms with Crippen LogP contribution >= 0.6 is 0 Å². The van der Waals surface area contributed by atoms with Gasteiger partial charge in [-0.05, 0) is 26.0 Å². The Hall–Kier alpha value is -2.24. The molecule has 0 aliphatic rings. The molecule has 0 radical (unpaired) electrons. The van der Waals surface area contributed by atoms with E-state index in [0.29, 0.717) is 11.5 Å². The highest BCUT2D eigenvalue weighted by atomic mass is 16.1. The number of nitrogens with zero attached hydrogens (tertiary/aromatic N) is 5. The van der Waals surface area contributed by atoms with E-state index in [0.717, 1.165) is 0 Å². The molecular formula is C11H13N5O. The van der Waals surface area contributed by atoms with Crippen LogP contribution in [0.1, 0.15) is 25.7 Å². The van der Waals surface area contributed by atoms with Crippen molar-refractivity contribution in [2.24, 2.45) is 0 Å². The van der Waals surface area contributed by atoms with Gasteiger partial charge in [0.05, 0.1) is 6.04 Å². The Labute approximate surface area is 98.2 Å². The van der Waals surface area contributed by atoms with Crippen LogP contribution in [-0.4, -0.2) is 24.5 Å². The van der Waals surface area contributed by atoms with E-state index >= 15 is 0 Å². The summed E-state index contributed by atoms with van der Waals surface area (Å²) in [4.78, 5) is 16.1. The monoisotopic (exact) mass is 231 g/mol. The summed E-state index contributed by atoms with van der Waals surface area (Å²) in [6.07, 6.45) is 4.59. The van der Waals surface area contributed by atoms with E-state index in [-0.39, 0.29) is 11.6 Å². The van der Waals surface area contributed by atoms with E-state index in [9.17, 15) is 4.79 Å². The summed E-state index contributed by atoms with van der Waals surface area (Å²) in [5.74, 6) is 0.484. The van der Waals surface area contributed by atoms with E-state index in [1.807, 2.05) is 13.8 Å². The average molecular weight is 231 g/mol. The zero-order chi connectivity index (χ0) is 12.4. The lowest BCUT2D eigenvalue weighted by atomic mass is 10.4. The Bertz CT molecular complexity index is 596. The van der Waals surface area contributed by atoms with Crippen molar-refractivity contribution in [3.05, 3.63) is 41.3 Å². The third-order valence-corrected chi connectivity index (χ3v) is 2.28. The second kappa shape index (κ2) is 4.32. The lowest BCUT2D eigenvalue weighted by Gasteiger charge is -2.08. The lowest BCUT2D eigenvalue weighted by molar-refractivity contribution is 0.499. The van der Waals surface area contributed by atoms with Gasteiger partial charge in [0.2, 0.25) is 0 Å². The highest BCUT2D eigenvalue weighted by Gasteiger charge is 2.09. The Morgan fingerprint density at radius 3 is 2.82 bits per heavy atom. The molecule has 0 spiro atoms. The Morgan fingerprint density at radius 2 is 2.24 bits per heavy atom. The van der Waals surface area contributed by atoms with Crippen molar-refractivity contribution in [1.29, 1.82) is 0 Å². The lowest BCUT2D eigenvalue weighted by Crippen LogP contribution is -2.27. The van der Waals surface area contributed by atoms with Crippen molar-refractivity contribution >= 4 is 6.08 Å². The molecule has 0 bridgehead atoms. The molecule has 88 valence electrons. The fourth-order valence-electron chi connectivity index (χ4n) is 1.44. The van der Waals surface area contributed by atoms with E-state index in [2.05, 4.69) is 21.8 Å². The maximum absolute atomic E-state index is 12.1. The summed E-state index contributed by atoms with van der Waals surface area (Å²) in [6, 6.07) is 1.62. The third kappa shape index (κ3) is 2.01. The smallest absolute Gasteiger partial charge is 0.265 e. The summed E-state index contributed by atoms with van der Waals surface area (Å²) in [5, 5.41) is 8.12. The van der Waals surface area contributed by atoms with E-state index in [4.69, 9.17) is 0 Å². The summed E-state index contributed by atoms with van der Waals surface area (Å²) < 4.78 is 2.84. The molecule has 0 aliphatic carbocycles. The highest BCUT2D eigenvalue weighted by molar-refractivity contribution is 5.36. The Kier molecular flexibility index (Phi) is 2.86. The van der Waals surface area contributed by atoms with Gasteiger partial charge in [0, 0.05) is 6.20 Å². The molecule has 0 aliphatic heterocycles. The number of rotatable bonds is 3. The Morgan fingerprint density at radius 1 is 1.47 bits per heavy atom. The SMILES string of the molecule is C=Cc1ncn(-c2ccnn(C(C)C)c2=O)n1. The molecule has 0 unspecified atom stereocenters. The quantitative estimate of drug-likeness (QED) is 0.791. The zero-order valence-corrected chi connectivity index (χ0v) is 9.74. The second-order valence-electron chi connectivity index (χ2n) is 3.81. The summed E-state index contributed by atoms with van der Waals surface area (Å²) in [5.41, 5.74) is 0.234. The second-order valence-corrected chi connectivity index (χ2v) is 3.81. The first-order valence-electron chi connectivity index (χ1n) is 5.25. The predicted octanol–water partition coefficient (Wildman–Crippen LogP) is 1.05. The van der Waals surface area contributed by atoms with Crippen molar-refractivity contribution in [3.8, 4) is 5.69 Å². The van der Waals surface area contributed by atoms with Gasteiger partial charge in [-0.25, -0.2) is 14.3 Å². The van der Waals surface area contributed by atoms with Gasteiger partial charge in [0.25, 0.3) is 5.56 Å². The molecule has 0 aromatic carbocycles. The topological polar surface area (TPSA) is 65.6 Å². The van der Waals surface area contributed by atoms with Gasteiger partial charge >= 0.3 is 0 Å². The maximum Gasteiger partial charge on any atom is 0.292 e. The van der Waals surface area contributed by atoms with Crippen LogP contribution in [0.15, 0.2) is 30.0 Å². The maximum atomic E-state index is 12.1. The van der Waals surface area contributed by atoms with Crippen molar-refractivity contribution in [2.75, 3.05) is 0 Å². The van der Waals surface area contributed by atoms with Crippen LogP contribution in [0.2, 0.25) is 0 Å². The van der Waals surface area contributed by atoms with Crippen LogP contribution in [-0.2, 0) is 0 Å². The summed E-state index contributed by atoms with van der Waals surface area (Å²) in [6.45, 7) is 7.37. The molecule has 2 rings (SSSR count).